The Kier molecular flexibility index (Phi) is 11.6. The zero-order chi connectivity index (χ0) is 21.2. The lowest BCUT2D eigenvalue weighted by Crippen LogP contribution is -2.52. The molecule has 13 heteroatoms. The standard InChI is InChI=1S/C10H14F8O3S.C3H7N/c11-7(5-3-1-2-4-6-8(12,13)14)9(15,16)10(17,18)22(19,20)21;1-2-3-4/h7H,1-6H2,(H,19,20,21);2H,1,3-4H2. The van der Waals surface area contributed by atoms with Gasteiger partial charge in [0.25, 0.3) is 0 Å². The summed E-state index contributed by atoms with van der Waals surface area (Å²) in [7, 11) is -6.51. The van der Waals surface area contributed by atoms with E-state index in [1.54, 1.807) is 6.08 Å². The number of hydrogen-bond acceptors (Lipinski definition) is 3. The van der Waals surface area contributed by atoms with E-state index in [2.05, 4.69) is 6.58 Å². The van der Waals surface area contributed by atoms with Crippen molar-refractivity contribution < 1.29 is 48.1 Å². The molecule has 26 heavy (non-hydrogen) atoms. The molecule has 0 aliphatic rings. The van der Waals surface area contributed by atoms with Gasteiger partial charge >= 0.3 is 27.5 Å². The van der Waals surface area contributed by atoms with E-state index in [4.69, 9.17) is 10.3 Å². The van der Waals surface area contributed by atoms with Crippen molar-refractivity contribution in [2.24, 2.45) is 5.73 Å². The average molecular weight is 423 g/mol. The van der Waals surface area contributed by atoms with E-state index >= 15 is 0 Å². The molecule has 0 aliphatic heterocycles. The summed E-state index contributed by atoms with van der Waals surface area (Å²) in [5, 5.41) is -5.99. The normalized spacial score (nSPS) is 14.4. The second kappa shape index (κ2) is 11.0. The minimum atomic E-state index is -6.51. The monoisotopic (exact) mass is 423 g/mol. The van der Waals surface area contributed by atoms with Crippen molar-refractivity contribution in [1.82, 2.24) is 0 Å². The van der Waals surface area contributed by atoms with E-state index in [-0.39, 0.29) is 19.3 Å². The third-order valence-electron chi connectivity index (χ3n) is 2.94. The highest BCUT2D eigenvalue weighted by Gasteiger charge is 2.69. The Balaban J connectivity index is 0. The van der Waals surface area contributed by atoms with Crippen LogP contribution in [0.5, 0.6) is 0 Å². The Labute approximate surface area is 146 Å². The van der Waals surface area contributed by atoms with Crippen LogP contribution in [-0.4, -0.2) is 43.0 Å². The summed E-state index contributed by atoms with van der Waals surface area (Å²) in [6, 6.07) is 0. The SMILES string of the molecule is C=CCN.O=S(=O)(O)C(F)(F)C(F)(F)C(F)CCCCCCC(F)(F)F. The second-order valence-corrected chi connectivity index (χ2v) is 6.64. The number of alkyl halides is 8. The van der Waals surface area contributed by atoms with Crippen molar-refractivity contribution in [2.75, 3.05) is 6.54 Å². The van der Waals surface area contributed by atoms with Gasteiger partial charge in [0.1, 0.15) is 0 Å². The zero-order valence-corrected chi connectivity index (χ0v) is 14.4. The van der Waals surface area contributed by atoms with E-state index in [9.17, 15) is 43.5 Å². The van der Waals surface area contributed by atoms with E-state index in [0.717, 1.165) is 0 Å². The molecule has 0 saturated heterocycles. The topological polar surface area (TPSA) is 80.4 Å². The van der Waals surface area contributed by atoms with Crippen molar-refractivity contribution in [2.45, 2.75) is 62.0 Å². The summed E-state index contributed by atoms with van der Waals surface area (Å²) in [5.74, 6) is -5.65. The Morgan fingerprint density at radius 1 is 1.00 bits per heavy atom. The zero-order valence-electron chi connectivity index (χ0n) is 13.6. The summed E-state index contributed by atoms with van der Waals surface area (Å²) >= 11 is 0. The van der Waals surface area contributed by atoms with Crippen LogP contribution in [0.3, 0.4) is 0 Å². The van der Waals surface area contributed by atoms with Gasteiger partial charge in [-0.1, -0.05) is 25.3 Å². The summed E-state index contributed by atoms with van der Waals surface area (Å²) in [6.45, 7) is 3.94. The quantitative estimate of drug-likeness (QED) is 0.235. The predicted octanol–water partition coefficient (Wildman–Crippen LogP) is 4.47. The van der Waals surface area contributed by atoms with Gasteiger partial charge in [-0.05, 0) is 12.8 Å². The lowest BCUT2D eigenvalue weighted by molar-refractivity contribution is -0.198. The molecule has 3 N–H and O–H groups in total. The van der Waals surface area contributed by atoms with Crippen LogP contribution >= 0.6 is 0 Å². The van der Waals surface area contributed by atoms with Crippen LogP contribution in [-0.2, 0) is 10.1 Å². The molecule has 0 aromatic rings. The molecule has 158 valence electrons. The van der Waals surface area contributed by atoms with Crippen LogP contribution in [0.2, 0.25) is 0 Å². The molecule has 0 heterocycles. The van der Waals surface area contributed by atoms with Gasteiger partial charge in [-0.3, -0.25) is 4.55 Å². The highest BCUT2D eigenvalue weighted by molar-refractivity contribution is 7.87. The minimum Gasteiger partial charge on any atom is -0.327 e. The Hall–Kier alpha value is -0.950. The highest BCUT2D eigenvalue weighted by Crippen LogP contribution is 2.43. The summed E-state index contributed by atoms with van der Waals surface area (Å²) in [4.78, 5) is 0. The fourth-order valence-electron chi connectivity index (χ4n) is 1.54. The third-order valence-corrected chi connectivity index (χ3v) is 3.86. The van der Waals surface area contributed by atoms with Gasteiger partial charge in [-0.2, -0.15) is 39.2 Å². The molecule has 0 saturated carbocycles. The van der Waals surface area contributed by atoms with Gasteiger partial charge in [0, 0.05) is 13.0 Å². The second-order valence-electron chi connectivity index (χ2n) is 5.17. The summed E-state index contributed by atoms with van der Waals surface area (Å²) in [5.41, 5.74) is 4.91. The van der Waals surface area contributed by atoms with Gasteiger partial charge in [0.15, 0.2) is 6.17 Å². The van der Waals surface area contributed by atoms with Gasteiger partial charge in [0.2, 0.25) is 0 Å². The van der Waals surface area contributed by atoms with Crippen molar-refractivity contribution >= 4 is 10.1 Å². The molecule has 0 bridgehead atoms. The Morgan fingerprint density at radius 2 is 1.42 bits per heavy atom. The first-order valence-corrected chi connectivity index (χ1v) is 8.73. The molecule has 0 rings (SSSR count). The molecule has 0 amide bonds. The van der Waals surface area contributed by atoms with Crippen LogP contribution in [0.1, 0.15) is 38.5 Å². The fraction of sp³-hybridized carbons (Fsp3) is 0.846. The molecule has 0 aliphatic carbocycles. The lowest BCUT2D eigenvalue weighted by Gasteiger charge is -2.26. The van der Waals surface area contributed by atoms with E-state index < -0.39 is 52.9 Å². The minimum absolute atomic E-state index is 0.0769. The smallest absolute Gasteiger partial charge is 0.327 e. The summed E-state index contributed by atoms with van der Waals surface area (Å²) in [6.07, 6.45) is -9.53. The number of nitrogens with two attached hydrogens (primary N) is 1. The van der Waals surface area contributed by atoms with Crippen molar-refractivity contribution in [1.29, 1.82) is 0 Å². The maximum Gasteiger partial charge on any atom is 0.434 e. The van der Waals surface area contributed by atoms with Crippen LogP contribution in [0, 0.1) is 0 Å². The highest BCUT2D eigenvalue weighted by atomic mass is 32.2. The first-order chi connectivity index (χ1) is 11.5. The van der Waals surface area contributed by atoms with Gasteiger partial charge < -0.3 is 5.73 Å². The lowest BCUT2D eigenvalue weighted by atomic mass is 10.0. The van der Waals surface area contributed by atoms with E-state index in [0.29, 0.717) is 6.54 Å². The molecule has 4 nitrogen and oxygen atoms in total. The molecule has 0 fully saturated rings. The van der Waals surface area contributed by atoms with E-state index in [1.165, 1.54) is 0 Å². The number of rotatable bonds is 10. The number of halogens is 8. The number of hydrogen-bond donors (Lipinski definition) is 2. The van der Waals surface area contributed by atoms with Crippen molar-refractivity contribution in [3.8, 4) is 0 Å². The summed E-state index contributed by atoms with van der Waals surface area (Å²) < 4.78 is 128. The molecule has 0 aromatic carbocycles. The average Bonchev–Trinajstić information content (AvgIpc) is 2.48. The van der Waals surface area contributed by atoms with Crippen LogP contribution in [0.25, 0.3) is 0 Å². The molecule has 0 radical (unpaired) electrons. The molecule has 0 spiro atoms. The fourth-order valence-corrected chi connectivity index (χ4v) is 2.01. The maximum absolute atomic E-state index is 13.1. The predicted molar refractivity (Wildman–Crippen MR) is 79.3 cm³/mol. The van der Waals surface area contributed by atoms with Crippen LogP contribution < -0.4 is 5.73 Å². The van der Waals surface area contributed by atoms with Gasteiger partial charge in [-0.15, -0.1) is 6.58 Å². The van der Waals surface area contributed by atoms with Crippen molar-refractivity contribution in [3.63, 3.8) is 0 Å². The largest absolute Gasteiger partial charge is 0.434 e. The van der Waals surface area contributed by atoms with Crippen LogP contribution in [0.15, 0.2) is 12.7 Å². The van der Waals surface area contributed by atoms with Crippen LogP contribution in [0.4, 0.5) is 35.1 Å². The third kappa shape index (κ3) is 9.67. The molecular formula is C13H21F8NO3S. The maximum atomic E-state index is 13.1. The van der Waals surface area contributed by atoms with Gasteiger partial charge in [0.05, 0.1) is 0 Å². The first kappa shape index (κ1) is 27.3. The Morgan fingerprint density at radius 3 is 1.77 bits per heavy atom. The molecule has 1 atom stereocenters. The van der Waals surface area contributed by atoms with Gasteiger partial charge in [-0.25, -0.2) is 4.39 Å². The number of unbranched alkanes of at least 4 members (excludes halogenated alkanes) is 3. The molecule has 0 aromatic heterocycles. The van der Waals surface area contributed by atoms with E-state index in [1.807, 2.05) is 0 Å². The Bertz CT molecular complexity index is 508. The first-order valence-electron chi connectivity index (χ1n) is 7.29. The van der Waals surface area contributed by atoms with Crippen molar-refractivity contribution in [3.05, 3.63) is 12.7 Å². The molecular weight excluding hydrogens is 402 g/mol. The molecule has 1 unspecified atom stereocenters.